The third-order valence-corrected chi connectivity index (χ3v) is 2.52. The van der Waals surface area contributed by atoms with Gasteiger partial charge in [-0.3, -0.25) is 0 Å². The summed E-state index contributed by atoms with van der Waals surface area (Å²) >= 11 is 0. The van der Waals surface area contributed by atoms with E-state index in [4.69, 9.17) is 9.15 Å². The number of aryl methyl sites for hydroxylation is 1. The van der Waals surface area contributed by atoms with Crippen molar-refractivity contribution in [2.24, 2.45) is 0 Å². The van der Waals surface area contributed by atoms with Gasteiger partial charge in [0.15, 0.2) is 0 Å². The van der Waals surface area contributed by atoms with Gasteiger partial charge >= 0.3 is 0 Å². The average molecular weight is 195 g/mol. The summed E-state index contributed by atoms with van der Waals surface area (Å²) in [6, 6.07) is 4.51. The van der Waals surface area contributed by atoms with Gasteiger partial charge in [-0.05, 0) is 31.9 Å². The maximum atomic E-state index is 5.47. The molecule has 14 heavy (non-hydrogen) atoms. The summed E-state index contributed by atoms with van der Waals surface area (Å²) in [4.78, 5) is 0. The quantitative estimate of drug-likeness (QED) is 0.799. The van der Waals surface area contributed by atoms with Gasteiger partial charge in [0.05, 0.1) is 13.2 Å². The number of hydrogen-bond acceptors (Lipinski definition) is 3. The van der Waals surface area contributed by atoms with Crippen LogP contribution < -0.4 is 5.32 Å². The molecule has 0 aliphatic carbocycles. The monoisotopic (exact) mass is 195 g/mol. The lowest BCUT2D eigenvalue weighted by molar-refractivity contribution is 0.0693. The van der Waals surface area contributed by atoms with Crippen molar-refractivity contribution in [3.8, 4) is 0 Å². The number of furan rings is 1. The summed E-state index contributed by atoms with van der Waals surface area (Å²) in [5, 5.41) is 3.43. The maximum Gasteiger partial charge on any atom is 0.117 e. The predicted octanol–water partition coefficient (Wildman–Crippen LogP) is 1.86. The molecule has 3 nitrogen and oxygen atoms in total. The normalized spacial score (nSPS) is 22.5. The molecule has 1 aliphatic heterocycles. The van der Waals surface area contributed by atoms with Crippen LogP contribution >= 0.6 is 0 Å². The molecule has 78 valence electrons. The Labute approximate surface area is 84.4 Å². The Morgan fingerprint density at radius 3 is 3.07 bits per heavy atom. The molecular formula is C11H17NO2. The summed E-state index contributed by atoms with van der Waals surface area (Å²) < 4.78 is 10.9. The molecule has 0 saturated carbocycles. The molecule has 0 amide bonds. The first-order valence-corrected chi connectivity index (χ1v) is 5.21. The van der Waals surface area contributed by atoms with Gasteiger partial charge in [-0.1, -0.05) is 0 Å². The third kappa shape index (κ3) is 2.59. The SMILES string of the molecule is Cc1ccc(CN[C@H]2CCCOC2)o1. The molecule has 0 spiro atoms. The van der Waals surface area contributed by atoms with E-state index in [0.717, 1.165) is 37.7 Å². The standard InChI is InChI=1S/C11H17NO2/c1-9-4-5-11(14-9)7-12-10-3-2-6-13-8-10/h4-5,10,12H,2-3,6-8H2,1H3/t10-/m0/s1. The van der Waals surface area contributed by atoms with Crippen LogP contribution in [0.3, 0.4) is 0 Å². The van der Waals surface area contributed by atoms with Crippen LogP contribution in [0, 0.1) is 6.92 Å². The number of ether oxygens (including phenoxy) is 1. The molecule has 3 heteroatoms. The Balaban J connectivity index is 1.76. The lowest BCUT2D eigenvalue weighted by Gasteiger charge is -2.22. The van der Waals surface area contributed by atoms with E-state index in [1.54, 1.807) is 0 Å². The topological polar surface area (TPSA) is 34.4 Å². The molecule has 0 radical (unpaired) electrons. The van der Waals surface area contributed by atoms with E-state index >= 15 is 0 Å². The Hall–Kier alpha value is -0.800. The summed E-state index contributed by atoms with van der Waals surface area (Å²) in [5.41, 5.74) is 0. The predicted molar refractivity (Wildman–Crippen MR) is 54.1 cm³/mol. The molecule has 2 rings (SSSR count). The zero-order chi connectivity index (χ0) is 9.80. The highest BCUT2D eigenvalue weighted by Crippen LogP contribution is 2.09. The Morgan fingerprint density at radius 2 is 2.43 bits per heavy atom. The van der Waals surface area contributed by atoms with Crippen molar-refractivity contribution >= 4 is 0 Å². The fraction of sp³-hybridized carbons (Fsp3) is 0.636. The van der Waals surface area contributed by atoms with Crippen molar-refractivity contribution < 1.29 is 9.15 Å². The van der Waals surface area contributed by atoms with Gasteiger partial charge in [0.25, 0.3) is 0 Å². The second kappa shape index (κ2) is 4.62. The zero-order valence-electron chi connectivity index (χ0n) is 8.58. The van der Waals surface area contributed by atoms with Gasteiger partial charge in [0.1, 0.15) is 11.5 Å². The molecule has 1 aromatic rings. The summed E-state index contributed by atoms with van der Waals surface area (Å²) in [6.07, 6.45) is 2.37. The molecule has 1 N–H and O–H groups in total. The summed E-state index contributed by atoms with van der Waals surface area (Å²) in [5.74, 6) is 1.98. The molecule has 2 heterocycles. The first-order chi connectivity index (χ1) is 6.84. The first-order valence-electron chi connectivity index (χ1n) is 5.21. The molecule has 1 fully saturated rings. The second-order valence-electron chi connectivity index (χ2n) is 3.81. The van der Waals surface area contributed by atoms with Crippen LogP contribution in [0.15, 0.2) is 16.5 Å². The molecule has 0 bridgehead atoms. The highest BCUT2D eigenvalue weighted by molar-refractivity contribution is 5.05. The van der Waals surface area contributed by atoms with Crippen molar-refractivity contribution in [1.82, 2.24) is 5.32 Å². The Kier molecular flexibility index (Phi) is 3.22. The molecule has 1 aromatic heterocycles. The van der Waals surface area contributed by atoms with Gasteiger partial charge in [-0.2, -0.15) is 0 Å². The van der Waals surface area contributed by atoms with E-state index in [0.29, 0.717) is 6.04 Å². The Bertz CT molecular complexity index is 277. The zero-order valence-corrected chi connectivity index (χ0v) is 8.58. The molecule has 1 atom stereocenters. The molecule has 0 unspecified atom stereocenters. The van der Waals surface area contributed by atoms with Crippen LogP contribution in [0.5, 0.6) is 0 Å². The lowest BCUT2D eigenvalue weighted by Crippen LogP contribution is -2.36. The first kappa shape index (κ1) is 9.74. The van der Waals surface area contributed by atoms with Crippen molar-refractivity contribution in [3.63, 3.8) is 0 Å². The van der Waals surface area contributed by atoms with E-state index in [-0.39, 0.29) is 0 Å². The minimum absolute atomic E-state index is 0.495. The fourth-order valence-electron chi connectivity index (χ4n) is 1.73. The van der Waals surface area contributed by atoms with Crippen LogP contribution in [-0.2, 0) is 11.3 Å². The van der Waals surface area contributed by atoms with Crippen molar-refractivity contribution in [2.75, 3.05) is 13.2 Å². The smallest absolute Gasteiger partial charge is 0.117 e. The molecular weight excluding hydrogens is 178 g/mol. The highest BCUT2D eigenvalue weighted by Gasteiger charge is 2.13. The fourth-order valence-corrected chi connectivity index (χ4v) is 1.73. The van der Waals surface area contributed by atoms with E-state index in [2.05, 4.69) is 5.32 Å². The summed E-state index contributed by atoms with van der Waals surface area (Å²) in [7, 11) is 0. The molecule has 1 saturated heterocycles. The molecule has 0 aromatic carbocycles. The minimum atomic E-state index is 0.495. The van der Waals surface area contributed by atoms with Gasteiger partial charge in [-0.15, -0.1) is 0 Å². The van der Waals surface area contributed by atoms with Gasteiger partial charge in [-0.25, -0.2) is 0 Å². The lowest BCUT2D eigenvalue weighted by atomic mass is 10.1. The van der Waals surface area contributed by atoms with E-state index in [9.17, 15) is 0 Å². The van der Waals surface area contributed by atoms with Gasteiger partial charge < -0.3 is 14.5 Å². The van der Waals surface area contributed by atoms with Crippen molar-refractivity contribution in [3.05, 3.63) is 23.7 Å². The van der Waals surface area contributed by atoms with Crippen LogP contribution in [-0.4, -0.2) is 19.3 Å². The van der Waals surface area contributed by atoms with Crippen LogP contribution in [0.25, 0.3) is 0 Å². The largest absolute Gasteiger partial charge is 0.465 e. The minimum Gasteiger partial charge on any atom is -0.465 e. The van der Waals surface area contributed by atoms with Crippen LogP contribution in [0.4, 0.5) is 0 Å². The van der Waals surface area contributed by atoms with E-state index < -0.39 is 0 Å². The second-order valence-corrected chi connectivity index (χ2v) is 3.81. The van der Waals surface area contributed by atoms with Crippen LogP contribution in [0.2, 0.25) is 0 Å². The van der Waals surface area contributed by atoms with Gasteiger partial charge in [0.2, 0.25) is 0 Å². The number of hydrogen-bond donors (Lipinski definition) is 1. The van der Waals surface area contributed by atoms with Crippen molar-refractivity contribution in [2.45, 2.75) is 32.4 Å². The maximum absolute atomic E-state index is 5.47. The Morgan fingerprint density at radius 1 is 1.50 bits per heavy atom. The highest BCUT2D eigenvalue weighted by atomic mass is 16.5. The van der Waals surface area contributed by atoms with E-state index in [1.807, 2.05) is 19.1 Å². The van der Waals surface area contributed by atoms with Crippen LogP contribution in [0.1, 0.15) is 24.4 Å². The average Bonchev–Trinajstić information content (AvgIpc) is 2.63. The number of nitrogens with one attached hydrogen (secondary N) is 1. The number of rotatable bonds is 3. The van der Waals surface area contributed by atoms with E-state index in [1.165, 1.54) is 6.42 Å². The van der Waals surface area contributed by atoms with Gasteiger partial charge in [0, 0.05) is 12.6 Å². The van der Waals surface area contributed by atoms with Crippen molar-refractivity contribution in [1.29, 1.82) is 0 Å². The summed E-state index contributed by atoms with van der Waals surface area (Å²) in [6.45, 7) is 4.52. The third-order valence-electron chi connectivity index (χ3n) is 2.52. The molecule has 1 aliphatic rings.